The quantitative estimate of drug-likeness (QED) is 0.359. The molecule has 5 N–H and O–H groups in total. The van der Waals surface area contributed by atoms with Gasteiger partial charge in [0.2, 0.25) is 12.2 Å². The summed E-state index contributed by atoms with van der Waals surface area (Å²) < 4.78 is 50.8. The van der Waals surface area contributed by atoms with Crippen LogP contribution in [0.1, 0.15) is 38.4 Å². The molecule has 0 aliphatic carbocycles. The lowest BCUT2D eigenvalue weighted by Gasteiger charge is -2.38. The highest BCUT2D eigenvalue weighted by Gasteiger charge is 2.49. The minimum absolute atomic E-state index is 0.249. The number of aromatic amines is 1. The zero-order chi connectivity index (χ0) is 25.1. The highest BCUT2D eigenvalue weighted by atomic mass is 19.4. The fourth-order valence-electron chi connectivity index (χ4n) is 3.25. The monoisotopic (exact) mass is 476 g/mol. The van der Waals surface area contributed by atoms with E-state index in [9.17, 15) is 33.3 Å². The zero-order valence-corrected chi connectivity index (χ0v) is 18.3. The molecule has 1 fully saturated rings. The topological polar surface area (TPSA) is 145 Å². The third-order valence-electron chi connectivity index (χ3n) is 5.11. The van der Waals surface area contributed by atoms with Crippen LogP contribution in [0.2, 0.25) is 0 Å². The molecule has 1 aliphatic rings. The number of carboxylic acid groups (broad SMARTS) is 1. The number of carboxylic acids is 1. The number of aromatic nitrogens is 2. The standard InChI is InChI=1S/C21H27F3N2O7/c1-5-11(9(2)3)7-6-10(4)8-12-17(21(22,23)24)25-26-18(12)33-20-15(29)13(27)14(28)16(32-20)19(30)31/h6-7,13-16,20,27-29H,2,5,8H2,1,3-4H3,(H,25,26)(H,30,31)/b10-6+,11-7-. The first-order valence-corrected chi connectivity index (χ1v) is 10.0. The average Bonchev–Trinajstić information content (AvgIpc) is 3.10. The fraction of sp³-hybridized carbons (Fsp3) is 0.524. The molecule has 1 aliphatic heterocycles. The molecule has 184 valence electrons. The van der Waals surface area contributed by atoms with E-state index in [1.54, 1.807) is 19.1 Å². The molecular formula is C21H27F3N2O7. The Labute approximate surface area is 187 Å². The van der Waals surface area contributed by atoms with Crippen LogP contribution in [0.15, 0.2) is 35.5 Å². The first-order valence-electron chi connectivity index (χ1n) is 10.0. The molecule has 0 spiro atoms. The van der Waals surface area contributed by atoms with Crippen molar-refractivity contribution >= 4 is 5.97 Å². The van der Waals surface area contributed by atoms with Crippen LogP contribution in [-0.2, 0) is 22.1 Å². The van der Waals surface area contributed by atoms with E-state index in [4.69, 9.17) is 14.6 Å². The molecule has 0 amide bonds. The maximum atomic E-state index is 13.5. The Balaban J connectivity index is 2.38. The highest BCUT2D eigenvalue weighted by Crippen LogP contribution is 2.36. The van der Waals surface area contributed by atoms with Crippen LogP contribution in [0, 0.1) is 0 Å². The predicted octanol–water partition coefficient (Wildman–Crippen LogP) is 2.10. The van der Waals surface area contributed by atoms with Gasteiger partial charge in [0.1, 0.15) is 24.0 Å². The molecule has 0 bridgehead atoms. The van der Waals surface area contributed by atoms with Gasteiger partial charge >= 0.3 is 12.1 Å². The molecule has 9 nitrogen and oxygen atoms in total. The number of alkyl halides is 3. The van der Waals surface area contributed by atoms with Gasteiger partial charge in [-0.3, -0.25) is 5.10 Å². The lowest BCUT2D eigenvalue weighted by molar-refractivity contribution is -0.271. The van der Waals surface area contributed by atoms with E-state index in [0.717, 1.165) is 11.1 Å². The summed E-state index contributed by atoms with van der Waals surface area (Å²) in [5.41, 5.74) is 0.664. The summed E-state index contributed by atoms with van der Waals surface area (Å²) in [7, 11) is 0. The first-order chi connectivity index (χ1) is 15.3. The molecule has 0 aromatic carbocycles. The predicted molar refractivity (Wildman–Crippen MR) is 109 cm³/mol. The molecule has 1 aromatic heterocycles. The van der Waals surface area contributed by atoms with Gasteiger partial charge in [-0.1, -0.05) is 36.8 Å². The second-order valence-electron chi connectivity index (χ2n) is 7.75. The summed E-state index contributed by atoms with van der Waals surface area (Å²) in [5, 5.41) is 44.2. The van der Waals surface area contributed by atoms with Crippen LogP contribution in [-0.4, -0.2) is 67.3 Å². The number of aliphatic carboxylic acids is 1. The van der Waals surface area contributed by atoms with Gasteiger partial charge in [-0.05, 0) is 25.8 Å². The molecule has 2 rings (SSSR count). The third kappa shape index (κ3) is 6.22. The largest absolute Gasteiger partial charge is 0.479 e. The van der Waals surface area contributed by atoms with Crippen LogP contribution >= 0.6 is 0 Å². The smallest absolute Gasteiger partial charge is 0.433 e. The first kappa shape index (κ1) is 26.6. The molecule has 1 saturated heterocycles. The Morgan fingerprint density at radius 3 is 2.36 bits per heavy atom. The summed E-state index contributed by atoms with van der Waals surface area (Å²) in [5.74, 6) is -2.25. The number of ether oxygens (including phenoxy) is 2. The summed E-state index contributed by atoms with van der Waals surface area (Å²) in [4.78, 5) is 11.2. The van der Waals surface area contributed by atoms with Crippen molar-refractivity contribution in [2.75, 3.05) is 0 Å². The normalized spacial score (nSPS) is 26.9. The molecule has 5 atom stereocenters. The molecule has 1 aromatic rings. The number of halogens is 3. The van der Waals surface area contributed by atoms with Gasteiger partial charge in [-0.15, -0.1) is 5.10 Å². The maximum absolute atomic E-state index is 13.5. The Morgan fingerprint density at radius 2 is 1.85 bits per heavy atom. The summed E-state index contributed by atoms with van der Waals surface area (Å²) in [6.45, 7) is 9.17. The van der Waals surface area contributed by atoms with Crippen molar-refractivity contribution in [1.29, 1.82) is 0 Å². The summed E-state index contributed by atoms with van der Waals surface area (Å²) >= 11 is 0. The minimum atomic E-state index is -4.81. The number of hydrogen-bond donors (Lipinski definition) is 5. The fourth-order valence-corrected chi connectivity index (χ4v) is 3.25. The van der Waals surface area contributed by atoms with E-state index < -0.39 is 60.0 Å². The van der Waals surface area contributed by atoms with Crippen molar-refractivity contribution in [2.45, 2.75) is 70.5 Å². The van der Waals surface area contributed by atoms with E-state index in [1.165, 1.54) is 0 Å². The van der Waals surface area contributed by atoms with Crippen molar-refractivity contribution in [3.63, 3.8) is 0 Å². The van der Waals surface area contributed by atoms with Gasteiger partial charge in [0.15, 0.2) is 6.10 Å². The van der Waals surface area contributed by atoms with Crippen LogP contribution < -0.4 is 4.74 Å². The van der Waals surface area contributed by atoms with Crippen molar-refractivity contribution < 1.29 is 47.9 Å². The van der Waals surface area contributed by atoms with Gasteiger partial charge in [0.25, 0.3) is 0 Å². The molecule has 33 heavy (non-hydrogen) atoms. The minimum Gasteiger partial charge on any atom is -0.479 e. The number of nitrogens with one attached hydrogen (secondary N) is 1. The van der Waals surface area contributed by atoms with E-state index in [-0.39, 0.29) is 6.42 Å². The Bertz CT molecular complexity index is 939. The van der Waals surface area contributed by atoms with E-state index in [1.807, 2.05) is 18.9 Å². The number of rotatable bonds is 8. The number of allylic oxidation sites excluding steroid dienone is 5. The lowest BCUT2D eigenvalue weighted by atomic mass is 9.99. The lowest BCUT2D eigenvalue weighted by Crippen LogP contribution is -2.61. The van der Waals surface area contributed by atoms with Crippen LogP contribution in [0.25, 0.3) is 0 Å². The summed E-state index contributed by atoms with van der Waals surface area (Å²) in [6.07, 6.45) is -10.8. The maximum Gasteiger partial charge on any atom is 0.433 e. The van der Waals surface area contributed by atoms with Crippen molar-refractivity contribution in [3.05, 3.63) is 46.7 Å². The Kier molecular flexibility index (Phi) is 8.46. The van der Waals surface area contributed by atoms with Crippen LogP contribution in [0.3, 0.4) is 0 Å². The van der Waals surface area contributed by atoms with Gasteiger partial charge in [-0.2, -0.15) is 13.2 Å². The number of aliphatic hydroxyl groups excluding tert-OH is 3. The van der Waals surface area contributed by atoms with Gasteiger partial charge in [-0.25, -0.2) is 4.79 Å². The number of H-pyrrole nitrogens is 1. The SMILES string of the molecule is C=C(C)/C(=C\C=C(/C)Cc1c(OC2OC(C(=O)O)C(O)C(O)C2O)n[nH]c1C(F)(F)F)CC. The molecule has 0 radical (unpaired) electrons. The Morgan fingerprint density at radius 1 is 1.21 bits per heavy atom. The van der Waals surface area contributed by atoms with E-state index >= 15 is 0 Å². The zero-order valence-electron chi connectivity index (χ0n) is 18.3. The van der Waals surface area contributed by atoms with Crippen molar-refractivity contribution in [2.24, 2.45) is 0 Å². The Hall–Kier alpha value is -2.67. The molecule has 5 unspecified atom stereocenters. The van der Waals surface area contributed by atoms with Gasteiger partial charge in [0.05, 0.1) is 5.56 Å². The number of carbonyl (C=O) groups is 1. The van der Waals surface area contributed by atoms with Crippen LogP contribution in [0.4, 0.5) is 13.2 Å². The third-order valence-corrected chi connectivity index (χ3v) is 5.11. The average molecular weight is 476 g/mol. The van der Waals surface area contributed by atoms with Gasteiger partial charge in [0, 0.05) is 6.42 Å². The second kappa shape index (κ2) is 10.5. The molecule has 12 heteroatoms. The van der Waals surface area contributed by atoms with E-state index in [2.05, 4.69) is 11.7 Å². The number of hydrogen-bond acceptors (Lipinski definition) is 7. The van der Waals surface area contributed by atoms with E-state index in [0.29, 0.717) is 12.0 Å². The van der Waals surface area contributed by atoms with Crippen molar-refractivity contribution in [1.82, 2.24) is 10.2 Å². The molecule has 0 saturated carbocycles. The molecule has 2 heterocycles. The number of nitrogens with zero attached hydrogens (tertiary/aromatic N) is 1. The highest BCUT2D eigenvalue weighted by molar-refractivity contribution is 5.73. The van der Waals surface area contributed by atoms with Crippen LogP contribution in [0.5, 0.6) is 5.88 Å². The second-order valence-corrected chi connectivity index (χ2v) is 7.75. The molecular weight excluding hydrogens is 449 g/mol. The van der Waals surface area contributed by atoms with Gasteiger partial charge < -0.3 is 29.9 Å². The summed E-state index contributed by atoms with van der Waals surface area (Å²) in [6, 6.07) is 0. The van der Waals surface area contributed by atoms with Crippen molar-refractivity contribution in [3.8, 4) is 5.88 Å². The number of aliphatic hydroxyl groups is 3.